The Kier molecular flexibility index (Phi) is 4.70. The van der Waals surface area contributed by atoms with Crippen LogP contribution in [0.5, 0.6) is 0 Å². The molecule has 0 radical (unpaired) electrons. The summed E-state index contributed by atoms with van der Waals surface area (Å²) in [5.41, 5.74) is 0.724. The van der Waals surface area contributed by atoms with Gasteiger partial charge in [-0.15, -0.1) is 11.8 Å². The number of hydrogen-bond donors (Lipinski definition) is 1. The summed E-state index contributed by atoms with van der Waals surface area (Å²) in [6.07, 6.45) is 1.62. The number of rotatable bonds is 5. The Hall–Kier alpha value is -0.800. The van der Waals surface area contributed by atoms with E-state index < -0.39 is 0 Å². The molecule has 1 aromatic rings. The van der Waals surface area contributed by atoms with Crippen LogP contribution < -0.4 is 0 Å². The number of hydrogen-bond acceptors (Lipinski definition) is 3. The summed E-state index contributed by atoms with van der Waals surface area (Å²) in [5.74, 6) is 0. The van der Waals surface area contributed by atoms with Gasteiger partial charge in [0.05, 0.1) is 0 Å². The van der Waals surface area contributed by atoms with Crippen LogP contribution in [0.3, 0.4) is 0 Å². The first-order valence-electron chi connectivity index (χ1n) is 4.59. The first kappa shape index (κ1) is 11.3. The van der Waals surface area contributed by atoms with E-state index in [2.05, 4.69) is 0 Å². The van der Waals surface area contributed by atoms with Crippen LogP contribution in [0.2, 0.25) is 0 Å². The molecule has 0 amide bonds. The van der Waals surface area contributed by atoms with Crippen molar-refractivity contribution in [1.29, 1.82) is 0 Å². The molecule has 2 nitrogen and oxygen atoms in total. The number of thioether (sulfide) groups is 1. The summed E-state index contributed by atoms with van der Waals surface area (Å²) >= 11 is 1.63. The standard InChI is InChI=1S/C11H14O2S/c1-9(6-7-12)14-11-5-3-2-4-10(11)8-13/h2-5,8-9,12H,6-7H2,1H3. The maximum Gasteiger partial charge on any atom is 0.151 e. The Balaban J connectivity index is 2.70. The summed E-state index contributed by atoms with van der Waals surface area (Å²) in [5, 5.41) is 9.09. The van der Waals surface area contributed by atoms with E-state index in [1.54, 1.807) is 17.8 Å². The van der Waals surface area contributed by atoms with Gasteiger partial charge in [-0.2, -0.15) is 0 Å². The van der Waals surface area contributed by atoms with Crippen LogP contribution in [0.25, 0.3) is 0 Å². The largest absolute Gasteiger partial charge is 0.396 e. The monoisotopic (exact) mass is 210 g/mol. The van der Waals surface area contributed by atoms with Crippen molar-refractivity contribution >= 4 is 18.0 Å². The Morgan fingerprint density at radius 3 is 2.86 bits per heavy atom. The van der Waals surface area contributed by atoms with Crippen molar-refractivity contribution in [2.75, 3.05) is 6.61 Å². The molecule has 0 saturated carbocycles. The Morgan fingerprint density at radius 1 is 1.50 bits per heavy atom. The minimum atomic E-state index is 0.192. The van der Waals surface area contributed by atoms with Gasteiger partial charge < -0.3 is 5.11 Å². The highest BCUT2D eigenvalue weighted by molar-refractivity contribution is 8.00. The fraction of sp³-hybridized carbons (Fsp3) is 0.364. The maximum atomic E-state index is 10.7. The summed E-state index contributed by atoms with van der Waals surface area (Å²) < 4.78 is 0. The number of aliphatic hydroxyl groups is 1. The van der Waals surface area contributed by atoms with Crippen molar-refractivity contribution in [2.45, 2.75) is 23.5 Å². The normalized spacial score (nSPS) is 12.4. The van der Waals surface area contributed by atoms with Crippen LogP contribution in [0.4, 0.5) is 0 Å². The molecule has 0 aliphatic carbocycles. The summed E-state index contributed by atoms with van der Waals surface area (Å²) in [7, 11) is 0. The molecule has 1 unspecified atom stereocenters. The molecule has 1 aromatic carbocycles. The fourth-order valence-corrected chi connectivity index (χ4v) is 2.21. The zero-order valence-electron chi connectivity index (χ0n) is 8.14. The zero-order valence-corrected chi connectivity index (χ0v) is 8.96. The maximum absolute atomic E-state index is 10.7. The number of benzene rings is 1. The average Bonchev–Trinajstić information content (AvgIpc) is 2.19. The minimum absolute atomic E-state index is 0.192. The predicted octanol–water partition coefficient (Wildman–Crippen LogP) is 2.36. The van der Waals surface area contributed by atoms with Gasteiger partial charge in [-0.05, 0) is 12.5 Å². The van der Waals surface area contributed by atoms with E-state index in [4.69, 9.17) is 5.11 Å². The molecule has 14 heavy (non-hydrogen) atoms. The van der Waals surface area contributed by atoms with Crippen molar-refractivity contribution < 1.29 is 9.90 Å². The van der Waals surface area contributed by atoms with Crippen LogP contribution in [0.15, 0.2) is 29.2 Å². The lowest BCUT2D eigenvalue weighted by molar-refractivity contribution is 0.112. The fourth-order valence-electron chi connectivity index (χ4n) is 1.14. The minimum Gasteiger partial charge on any atom is -0.396 e. The van der Waals surface area contributed by atoms with Crippen molar-refractivity contribution in [3.63, 3.8) is 0 Å². The molecule has 1 N–H and O–H groups in total. The Labute approximate surface area is 88.3 Å². The van der Waals surface area contributed by atoms with Gasteiger partial charge in [-0.1, -0.05) is 25.1 Å². The average molecular weight is 210 g/mol. The highest BCUT2D eigenvalue weighted by Crippen LogP contribution is 2.27. The molecule has 0 aromatic heterocycles. The van der Waals surface area contributed by atoms with Gasteiger partial charge in [-0.25, -0.2) is 0 Å². The second kappa shape index (κ2) is 5.83. The highest BCUT2D eigenvalue weighted by atomic mass is 32.2. The number of carbonyl (C=O) groups excluding carboxylic acids is 1. The molecule has 0 heterocycles. The van der Waals surface area contributed by atoms with Gasteiger partial charge in [0.15, 0.2) is 6.29 Å². The third-order valence-electron chi connectivity index (χ3n) is 1.91. The van der Waals surface area contributed by atoms with E-state index in [9.17, 15) is 4.79 Å². The van der Waals surface area contributed by atoms with Crippen LogP contribution in [-0.2, 0) is 0 Å². The Bertz CT molecular complexity index is 299. The van der Waals surface area contributed by atoms with Gasteiger partial charge in [-0.3, -0.25) is 4.79 Å². The molecule has 0 saturated heterocycles. The van der Waals surface area contributed by atoms with Crippen LogP contribution in [-0.4, -0.2) is 23.2 Å². The first-order chi connectivity index (χ1) is 6.77. The number of carbonyl (C=O) groups is 1. The Morgan fingerprint density at radius 2 is 2.21 bits per heavy atom. The smallest absolute Gasteiger partial charge is 0.151 e. The third-order valence-corrected chi connectivity index (χ3v) is 3.17. The quantitative estimate of drug-likeness (QED) is 0.599. The van der Waals surface area contributed by atoms with Gasteiger partial charge in [0.1, 0.15) is 0 Å². The molecule has 1 atom stereocenters. The van der Waals surface area contributed by atoms with E-state index in [1.807, 2.05) is 25.1 Å². The van der Waals surface area contributed by atoms with E-state index in [0.29, 0.717) is 5.25 Å². The van der Waals surface area contributed by atoms with Crippen LogP contribution in [0.1, 0.15) is 23.7 Å². The number of aliphatic hydroxyl groups excluding tert-OH is 1. The topological polar surface area (TPSA) is 37.3 Å². The van der Waals surface area contributed by atoms with E-state index in [1.165, 1.54) is 0 Å². The second-order valence-electron chi connectivity index (χ2n) is 3.10. The van der Waals surface area contributed by atoms with Gasteiger partial charge >= 0.3 is 0 Å². The molecule has 0 aliphatic rings. The van der Waals surface area contributed by atoms with Crippen molar-refractivity contribution in [3.8, 4) is 0 Å². The molecular formula is C11H14O2S. The van der Waals surface area contributed by atoms with Gasteiger partial charge in [0.25, 0.3) is 0 Å². The van der Waals surface area contributed by atoms with Crippen molar-refractivity contribution in [2.24, 2.45) is 0 Å². The SMILES string of the molecule is CC(CCO)Sc1ccccc1C=O. The van der Waals surface area contributed by atoms with E-state index in [-0.39, 0.29) is 6.61 Å². The summed E-state index contributed by atoms with van der Waals surface area (Å²) in [6, 6.07) is 7.51. The molecular weight excluding hydrogens is 196 g/mol. The van der Waals surface area contributed by atoms with Crippen LogP contribution in [0, 0.1) is 0 Å². The molecule has 0 spiro atoms. The lowest BCUT2D eigenvalue weighted by Crippen LogP contribution is -2.00. The molecule has 3 heteroatoms. The van der Waals surface area contributed by atoms with Crippen LogP contribution >= 0.6 is 11.8 Å². The molecule has 0 fully saturated rings. The molecule has 76 valence electrons. The lowest BCUT2D eigenvalue weighted by atomic mass is 10.2. The zero-order chi connectivity index (χ0) is 10.4. The third kappa shape index (κ3) is 3.16. The molecule has 0 aliphatic heterocycles. The van der Waals surface area contributed by atoms with Gasteiger partial charge in [0, 0.05) is 22.3 Å². The highest BCUT2D eigenvalue weighted by Gasteiger charge is 2.06. The molecule has 0 bridgehead atoms. The summed E-state index contributed by atoms with van der Waals surface area (Å²) in [6.45, 7) is 2.24. The number of aldehydes is 1. The lowest BCUT2D eigenvalue weighted by Gasteiger charge is -2.10. The first-order valence-corrected chi connectivity index (χ1v) is 5.47. The predicted molar refractivity (Wildman–Crippen MR) is 58.9 cm³/mol. The second-order valence-corrected chi connectivity index (χ2v) is 4.58. The van der Waals surface area contributed by atoms with E-state index in [0.717, 1.165) is 23.2 Å². The van der Waals surface area contributed by atoms with Crippen molar-refractivity contribution in [1.82, 2.24) is 0 Å². The van der Waals surface area contributed by atoms with E-state index >= 15 is 0 Å². The van der Waals surface area contributed by atoms with Gasteiger partial charge in [0.2, 0.25) is 0 Å². The molecule has 1 rings (SSSR count). The van der Waals surface area contributed by atoms with Crippen molar-refractivity contribution in [3.05, 3.63) is 29.8 Å². The summed E-state index contributed by atoms with van der Waals surface area (Å²) in [4.78, 5) is 11.7.